The van der Waals surface area contributed by atoms with E-state index < -0.39 is 0 Å². The highest BCUT2D eigenvalue weighted by Crippen LogP contribution is 2.07. The lowest BCUT2D eigenvalue weighted by atomic mass is 10.1. The van der Waals surface area contributed by atoms with E-state index in [9.17, 15) is 4.79 Å². The number of rotatable bonds is 19. The number of unbranched alkanes of at least 4 members (excludes halogenated alkanes) is 11. The van der Waals surface area contributed by atoms with Crippen molar-refractivity contribution in [3.8, 4) is 12.3 Å². The molecule has 27 heavy (non-hydrogen) atoms. The summed E-state index contributed by atoms with van der Waals surface area (Å²) in [6, 6.07) is 0. The van der Waals surface area contributed by atoms with E-state index >= 15 is 0 Å². The van der Waals surface area contributed by atoms with Crippen molar-refractivity contribution in [1.29, 1.82) is 0 Å². The molecule has 0 aromatic carbocycles. The largest absolute Gasteiger partial charge is 0.356 e. The zero-order valence-electron chi connectivity index (χ0n) is 17.8. The minimum Gasteiger partial charge on any atom is -0.356 e. The number of amides is 1. The molecule has 0 aliphatic rings. The van der Waals surface area contributed by atoms with Crippen LogP contribution in [0.1, 0.15) is 110 Å². The first-order valence-corrected chi connectivity index (χ1v) is 11.3. The third-order valence-corrected chi connectivity index (χ3v) is 4.67. The summed E-state index contributed by atoms with van der Waals surface area (Å²) in [5, 5.41) is 3.05. The average Bonchev–Trinajstić information content (AvgIpc) is 2.67. The Morgan fingerprint density at radius 1 is 0.815 bits per heavy atom. The van der Waals surface area contributed by atoms with Gasteiger partial charge in [0.15, 0.2) is 0 Å². The second-order valence-corrected chi connectivity index (χ2v) is 7.35. The monoisotopic (exact) mass is 373 g/mol. The van der Waals surface area contributed by atoms with Gasteiger partial charge in [-0.25, -0.2) is 0 Å². The first kappa shape index (κ1) is 25.5. The normalized spacial score (nSPS) is 11.3. The van der Waals surface area contributed by atoms with Crippen molar-refractivity contribution in [2.75, 3.05) is 6.54 Å². The minimum absolute atomic E-state index is 0.238. The molecule has 0 aliphatic heterocycles. The van der Waals surface area contributed by atoms with Crippen LogP contribution in [0.5, 0.6) is 0 Å². The van der Waals surface area contributed by atoms with E-state index in [1.165, 1.54) is 57.8 Å². The van der Waals surface area contributed by atoms with Crippen LogP contribution in [0.4, 0.5) is 0 Å². The van der Waals surface area contributed by atoms with Gasteiger partial charge in [-0.1, -0.05) is 76.2 Å². The van der Waals surface area contributed by atoms with Gasteiger partial charge in [-0.05, 0) is 44.9 Å². The molecule has 0 spiro atoms. The van der Waals surface area contributed by atoms with Gasteiger partial charge in [-0.3, -0.25) is 4.79 Å². The standard InChI is InChI=1S/C25H43NO/c1-3-5-7-9-10-11-12-13-14-15-16-17-18-20-22-24-26-25(27)23-21-19-8-6-4-2/h1,10-11,13-14H,4-9,12,15-24H2,2H3,(H,26,27)/b11-10-,14-13-. The van der Waals surface area contributed by atoms with Crippen LogP contribution < -0.4 is 5.32 Å². The Balaban J connectivity index is 3.25. The fourth-order valence-corrected chi connectivity index (χ4v) is 2.95. The van der Waals surface area contributed by atoms with E-state index in [0.717, 1.165) is 45.1 Å². The molecular formula is C25H43NO. The van der Waals surface area contributed by atoms with Gasteiger partial charge in [0, 0.05) is 19.4 Å². The van der Waals surface area contributed by atoms with E-state index in [4.69, 9.17) is 6.42 Å². The molecule has 0 aromatic rings. The quantitative estimate of drug-likeness (QED) is 0.146. The lowest BCUT2D eigenvalue weighted by Gasteiger charge is -2.05. The Bertz CT molecular complexity index is 417. The van der Waals surface area contributed by atoms with Crippen molar-refractivity contribution in [3.63, 3.8) is 0 Å². The summed E-state index contributed by atoms with van der Waals surface area (Å²) in [4.78, 5) is 11.7. The molecule has 0 atom stereocenters. The summed E-state index contributed by atoms with van der Waals surface area (Å²) in [7, 11) is 0. The van der Waals surface area contributed by atoms with E-state index in [0.29, 0.717) is 6.42 Å². The first-order valence-electron chi connectivity index (χ1n) is 11.3. The van der Waals surface area contributed by atoms with Crippen molar-refractivity contribution in [3.05, 3.63) is 24.3 Å². The van der Waals surface area contributed by atoms with Crippen molar-refractivity contribution >= 4 is 5.91 Å². The predicted octanol–water partition coefficient (Wildman–Crippen LogP) is 7.11. The number of carbonyl (C=O) groups is 1. The Labute approximate surface area is 169 Å². The molecule has 0 saturated heterocycles. The molecular weight excluding hydrogens is 330 g/mol. The molecule has 0 heterocycles. The lowest BCUT2D eigenvalue weighted by Crippen LogP contribution is -2.23. The van der Waals surface area contributed by atoms with Crippen LogP contribution in [0.2, 0.25) is 0 Å². The smallest absolute Gasteiger partial charge is 0.219 e. The highest BCUT2D eigenvalue weighted by atomic mass is 16.1. The molecule has 0 radical (unpaired) electrons. The maximum atomic E-state index is 11.7. The second kappa shape index (κ2) is 22.6. The summed E-state index contributed by atoms with van der Waals surface area (Å²) in [5.41, 5.74) is 0. The molecule has 0 rings (SSSR count). The number of hydrogen-bond donors (Lipinski definition) is 1. The molecule has 0 unspecified atom stereocenters. The number of allylic oxidation sites excluding steroid dienone is 4. The van der Waals surface area contributed by atoms with Crippen LogP contribution >= 0.6 is 0 Å². The Hall–Kier alpha value is -1.49. The fraction of sp³-hybridized carbons (Fsp3) is 0.720. The molecule has 0 aromatic heterocycles. The van der Waals surface area contributed by atoms with Gasteiger partial charge >= 0.3 is 0 Å². The number of hydrogen-bond acceptors (Lipinski definition) is 1. The third-order valence-electron chi connectivity index (χ3n) is 4.67. The summed E-state index contributed by atoms with van der Waals surface area (Å²) < 4.78 is 0. The van der Waals surface area contributed by atoms with Gasteiger partial charge in [0.1, 0.15) is 0 Å². The van der Waals surface area contributed by atoms with Gasteiger partial charge in [0.05, 0.1) is 0 Å². The highest BCUT2D eigenvalue weighted by molar-refractivity contribution is 5.75. The molecule has 0 saturated carbocycles. The molecule has 0 fully saturated rings. The van der Waals surface area contributed by atoms with Crippen molar-refractivity contribution in [2.24, 2.45) is 0 Å². The molecule has 1 amide bonds. The molecule has 2 heteroatoms. The van der Waals surface area contributed by atoms with Crippen LogP contribution in [-0.4, -0.2) is 12.5 Å². The topological polar surface area (TPSA) is 29.1 Å². The van der Waals surface area contributed by atoms with Crippen LogP contribution in [0, 0.1) is 12.3 Å². The Morgan fingerprint density at radius 3 is 2.19 bits per heavy atom. The van der Waals surface area contributed by atoms with E-state index in [2.05, 4.69) is 42.5 Å². The van der Waals surface area contributed by atoms with Gasteiger partial charge in [0.25, 0.3) is 0 Å². The Kier molecular flexibility index (Phi) is 21.3. The average molecular weight is 374 g/mol. The van der Waals surface area contributed by atoms with Crippen LogP contribution in [0.15, 0.2) is 24.3 Å². The van der Waals surface area contributed by atoms with Gasteiger partial charge < -0.3 is 5.32 Å². The molecule has 0 bridgehead atoms. The first-order chi connectivity index (χ1) is 13.3. The summed E-state index contributed by atoms with van der Waals surface area (Å²) in [6.45, 7) is 3.06. The SMILES string of the molecule is C#CCCC/C=C\C/C=C\CCCCCCCNC(=O)CCCCCCC. The predicted molar refractivity (Wildman–Crippen MR) is 120 cm³/mol. The van der Waals surface area contributed by atoms with Crippen LogP contribution in [0.25, 0.3) is 0 Å². The minimum atomic E-state index is 0.238. The van der Waals surface area contributed by atoms with Gasteiger partial charge in [0.2, 0.25) is 5.91 Å². The van der Waals surface area contributed by atoms with Gasteiger partial charge in [-0.2, -0.15) is 0 Å². The Morgan fingerprint density at radius 2 is 1.44 bits per heavy atom. The zero-order chi connectivity index (χ0) is 19.8. The zero-order valence-corrected chi connectivity index (χ0v) is 17.8. The molecule has 0 aliphatic carbocycles. The summed E-state index contributed by atoms with van der Waals surface area (Å²) in [6.07, 6.45) is 32.5. The van der Waals surface area contributed by atoms with Crippen molar-refractivity contribution in [1.82, 2.24) is 5.32 Å². The maximum absolute atomic E-state index is 11.7. The molecule has 1 N–H and O–H groups in total. The van der Waals surface area contributed by atoms with Crippen molar-refractivity contribution in [2.45, 2.75) is 110 Å². The number of carbonyl (C=O) groups excluding carboxylic acids is 1. The van der Waals surface area contributed by atoms with E-state index in [-0.39, 0.29) is 5.91 Å². The summed E-state index contributed by atoms with van der Waals surface area (Å²) >= 11 is 0. The molecule has 2 nitrogen and oxygen atoms in total. The van der Waals surface area contributed by atoms with Gasteiger partial charge in [-0.15, -0.1) is 12.3 Å². The van der Waals surface area contributed by atoms with E-state index in [1.807, 2.05) is 0 Å². The van der Waals surface area contributed by atoms with E-state index in [1.54, 1.807) is 0 Å². The number of nitrogens with one attached hydrogen (secondary N) is 1. The second-order valence-electron chi connectivity index (χ2n) is 7.35. The van der Waals surface area contributed by atoms with Crippen LogP contribution in [-0.2, 0) is 4.79 Å². The fourth-order valence-electron chi connectivity index (χ4n) is 2.95. The van der Waals surface area contributed by atoms with Crippen molar-refractivity contribution < 1.29 is 4.79 Å². The third kappa shape index (κ3) is 22.5. The highest BCUT2D eigenvalue weighted by Gasteiger charge is 2.00. The number of terminal acetylenes is 1. The van der Waals surface area contributed by atoms with Crippen LogP contribution in [0.3, 0.4) is 0 Å². The molecule has 154 valence electrons. The maximum Gasteiger partial charge on any atom is 0.219 e. The summed E-state index contributed by atoms with van der Waals surface area (Å²) in [5.74, 6) is 2.90. The lowest BCUT2D eigenvalue weighted by molar-refractivity contribution is -0.121.